The number of esters is 2. The number of carbonyl (C=O) groups is 2. The Morgan fingerprint density at radius 1 is 1.22 bits per heavy atom. The van der Waals surface area contributed by atoms with Crippen molar-refractivity contribution in [1.29, 1.82) is 0 Å². The lowest BCUT2D eigenvalue weighted by molar-refractivity contribution is -0.139. The molecule has 5 heteroatoms. The quantitative estimate of drug-likeness (QED) is 0.771. The van der Waals surface area contributed by atoms with Crippen LogP contribution >= 0.6 is 0 Å². The Kier molecular flexibility index (Phi) is 5.05. The first-order valence-electron chi connectivity index (χ1n) is 5.19. The van der Waals surface area contributed by atoms with Gasteiger partial charge in [-0.05, 0) is 23.8 Å². The highest BCUT2D eigenvalue weighted by Gasteiger charge is 2.07. The highest BCUT2D eigenvalue weighted by atomic mass is 19.1. The predicted molar refractivity (Wildman–Crippen MR) is 63.4 cm³/mol. The van der Waals surface area contributed by atoms with Crippen LogP contribution in [0.2, 0.25) is 0 Å². The van der Waals surface area contributed by atoms with Crippen LogP contribution in [0.3, 0.4) is 0 Å². The molecule has 0 saturated heterocycles. The molecule has 0 aromatic heterocycles. The second-order valence-electron chi connectivity index (χ2n) is 3.45. The first kappa shape index (κ1) is 13.9. The average Bonchev–Trinajstić information content (AvgIpc) is 2.36. The molecule has 0 fully saturated rings. The van der Waals surface area contributed by atoms with Gasteiger partial charge in [-0.15, -0.1) is 0 Å². The van der Waals surface area contributed by atoms with Gasteiger partial charge >= 0.3 is 11.9 Å². The molecule has 0 N–H and O–H groups in total. The molecular formula is C13H13FO4. The normalized spacial score (nSPS) is 10.4. The van der Waals surface area contributed by atoms with Crippen LogP contribution in [-0.2, 0) is 14.3 Å². The molecule has 1 aromatic rings. The van der Waals surface area contributed by atoms with Gasteiger partial charge in [0.1, 0.15) is 5.82 Å². The third-order valence-corrected chi connectivity index (χ3v) is 2.16. The second kappa shape index (κ2) is 6.54. The molecule has 0 saturated carbocycles. The number of carbonyl (C=O) groups excluding carboxylic acids is 2. The lowest BCUT2D eigenvalue weighted by Gasteiger charge is -2.01. The maximum Gasteiger partial charge on any atom is 0.337 e. The molecule has 0 unspecified atom stereocenters. The van der Waals surface area contributed by atoms with E-state index in [0.29, 0.717) is 5.56 Å². The number of hydrogen-bond acceptors (Lipinski definition) is 4. The highest BCUT2D eigenvalue weighted by Crippen LogP contribution is 2.12. The van der Waals surface area contributed by atoms with Gasteiger partial charge in [-0.2, -0.15) is 0 Å². The van der Waals surface area contributed by atoms with Gasteiger partial charge in [0.25, 0.3) is 0 Å². The standard InChI is InChI=1S/C13H13FO4/c1-17-12(15)5-3-4-9-6-10(13(16)18-2)8-11(14)7-9/h3-4,6-8H,5H2,1-2H3. The van der Waals surface area contributed by atoms with Gasteiger partial charge in [-0.25, -0.2) is 9.18 Å². The van der Waals surface area contributed by atoms with E-state index in [1.54, 1.807) is 0 Å². The number of ether oxygens (including phenoxy) is 2. The summed E-state index contributed by atoms with van der Waals surface area (Å²) >= 11 is 0. The Bertz CT molecular complexity index is 480. The van der Waals surface area contributed by atoms with Crippen LogP contribution in [0.5, 0.6) is 0 Å². The van der Waals surface area contributed by atoms with E-state index in [4.69, 9.17) is 0 Å². The van der Waals surface area contributed by atoms with Gasteiger partial charge in [0.2, 0.25) is 0 Å². The van der Waals surface area contributed by atoms with Crippen LogP contribution in [0.15, 0.2) is 24.3 Å². The lowest BCUT2D eigenvalue weighted by atomic mass is 10.1. The monoisotopic (exact) mass is 252 g/mol. The van der Waals surface area contributed by atoms with E-state index in [1.807, 2.05) is 0 Å². The molecule has 4 nitrogen and oxygen atoms in total. The summed E-state index contributed by atoms with van der Waals surface area (Å²) in [6, 6.07) is 3.81. The van der Waals surface area contributed by atoms with E-state index >= 15 is 0 Å². The van der Waals surface area contributed by atoms with Crippen LogP contribution in [-0.4, -0.2) is 26.2 Å². The number of halogens is 1. The van der Waals surface area contributed by atoms with Gasteiger partial charge < -0.3 is 9.47 Å². The minimum atomic E-state index is -0.614. The first-order chi connectivity index (χ1) is 8.56. The highest BCUT2D eigenvalue weighted by molar-refractivity contribution is 5.90. The lowest BCUT2D eigenvalue weighted by Crippen LogP contribution is -2.02. The van der Waals surface area contributed by atoms with E-state index in [0.717, 1.165) is 6.07 Å². The molecule has 0 atom stereocenters. The fourth-order valence-corrected chi connectivity index (χ4v) is 1.32. The van der Waals surface area contributed by atoms with E-state index < -0.39 is 17.8 Å². The summed E-state index contributed by atoms with van der Waals surface area (Å²) in [4.78, 5) is 22.1. The molecule has 1 rings (SSSR count). The van der Waals surface area contributed by atoms with Crippen molar-refractivity contribution >= 4 is 18.0 Å². The maximum absolute atomic E-state index is 13.2. The van der Waals surface area contributed by atoms with E-state index in [-0.39, 0.29) is 12.0 Å². The minimum absolute atomic E-state index is 0.0839. The van der Waals surface area contributed by atoms with Crippen LogP contribution in [0, 0.1) is 5.82 Å². The summed E-state index contributed by atoms with van der Waals surface area (Å²) in [5.41, 5.74) is 0.592. The molecule has 0 radical (unpaired) electrons. The van der Waals surface area contributed by atoms with Crippen molar-refractivity contribution in [2.45, 2.75) is 6.42 Å². The second-order valence-corrected chi connectivity index (χ2v) is 3.45. The number of methoxy groups -OCH3 is 2. The van der Waals surface area contributed by atoms with Crippen LogP contribution < -0.4 is 0 Å². The van der Waals surface area contributed by atoms with E-state index in [9.17, 15) is 14.0 Å². The Balaban J connectivity index is 2.86. The van der Waals surface area contributed by atoms with Crippen molar-refractivity contribution in [3.05, 3.63) is 41.2 Å². The molecule has 0 aliphatic carbocycles. The molecule has 96 valence electrons. The van der Waals surface area contributed by atoms with Crippen molar-refractivity contribution in [2.24, 2.45) is 0 Å². The Morgan fingerprint density at radius 2 is 1.94 bits per heavy atom. The van der Waals surface area contributed by atoms with Crippen molar-refractivity contribution in [3.63, 3.8) is 0 Å². The minimum Gasteiger partial charge on any atom is -0.469 e. The van der Waals surface area contributed by atoms with E-state index in [2.05, 4.69) is 9.47 Å². The summed E-state index contributed by atoms with van der Waals surface area (Å²) in [5.74, 6) is -1.55. The molecule has 0 spiro atoms. The van der Waals surface area contributed by atoms with Crippen LogP contribution in [0.4, 0.5) is 4.39 Å². The van der Waals surface area contributed by atoms with Gasteiger partial charge in [-0.3, -0.25) is 4.79 Å². The largest absolute Gasteiger partial charge is 0.469 e. The van der Waals surface area contributed by atoms with Crippen molar-refractivity contribution in [1.82, 2.24) is 0 Å². The zero-order valence-electron chi connectivity index (χ0n) is 10.1. The molecule has 0 aliphatic rings. The molecule has 18 heavy (non-hydrogen) atoms. The maximum atomic E-state index is 13.2. The molecular weight excluding hydrogens is 239 g/mol. The van der Waals surface area contributed by atoms with Gasteiger partial charge in [0.15, 0.2) is 0 Å². The molecule has 0 aliphatic heterocycles. The topological polar surface area (TPSA) is 52.6 Å². The smallest absolute Gasteiger partial charge is 0.337 e. The van der Waals surface area contributed by atoms with E-state index in [1.165, 1.54) is 38.5 Å². The van der Waals surface area contributed by atoms with Crippen LogP contribution in [0.25, 0.3) is 6.08 Å². The summed E-state index contributed by atoms with van der Waals surface area (Å²) in [6.07, 6.45) is 3.15. The Morgan fingerprint density at radius 3 is 2.56 bits per heavy atom. The zero-order chi connectivity index (χ0) is 13.5. The molecule has 0 amide bonds. The predicted octanol–water partition coefficient (Wildman–Crippen LogP) is 2.19. The fourth-order valence-electron chi connectivity index (χ4n) is 1.32. The number of rotatable bonds is 4. The number of hydrogen-bond donors (Lipinski definition) is 0. The fraction of sp³-hybridized carbons (Fsp3) is 0.231. The molecule has 0 heterocycles. The number of benzene rings is 1. The van der Waals surface area contributed by atoms with Crippen molar-refractivity contribution in [2.75, 3.05) is 14.2 Å². The van der Waals surface area contributed by atoms with Gasteiger partial charge in [0, 0.05) is 0 Å². The van der Waals surface area contributed by atoms with Gasteiger partial charge in [0.05, 0.1) is 26.2 Å². The average molecular weight is 252 g/mol. The SMILES string of the molecule is COC(=O)CC=Cc1cc(F)cc(C(=O)OC)c1. The van der Waals surface area contributed by atoms with Crippen molar-refractivity contribution in [3.8, 4) is 0 Å². The zero-order valence-corrected chi connectivity index (χ0v) is 10.1. The Labute approximate surface area is 104 Å². The summed E-state index contributed by atoms with van der Waals surface area (Å²) in [6.45, 7) is 0. The first-order valence-corrected chi connectivity index (χ1v) is 5.19. The summed E-state index contributed by atoms with van der Waals surface area (Å²) in [5, 5.41) is 0. The summed E-state index contributed by atoms with van der Waals surface area (Å²) < 4.78 is 22.2. The third-order valence-electron chi connectivity index (χ3n) is 2.16. The van der Waals surface area contributed by atoms with Gasteiger partial charge in [-0.1, -0.05) is 12.2 Å². The summed E-state index contributed by atoms with van der Waals surface area (Å²) in [7, 11) is 2.51. The Hall–Kier alpha value is -2.17. The van der Waals surface area contributed by atoms with Crippen molar-refractivity contribution < 1.29 is 23.5 Å². The van der Waals surface area contributed by atoms with Crippen LogP contribution in [0.1, 0.15) is 22.3 Å². The molecule has 1 aromatic carbocycles. The third kappa shape index (κ3) is 4.01. The molecule has 0 bridgehead atoms.